The smallest absolute Gasteiger partial charge is 0.250 e. The summed E-state index contributed by atoms with van der Waals surface area (Å²) in [6.45, 7) is 10.8. The SMILES string of the molecule is [C-]#[N+]c1c(C)nc(N)c(C#N)c1OCC. The van der Waals surface area contributed by atoms with Crippen molar-refractivity contribution >= 4 is 11.5 Å². The standard InChI is InChI=1S/C10H10N4O/c1-4-15-9-7(5-11)10(12)14-6(2)8(9)13-3/h4H2,1-2H3,(H2,12,14). The highest BCUT2D eigenvalue weighted by Crippen LogP contribution is 2.36. The van der Waals surface area contributed by atoms with Crippen LogP contribution >= 0.6 is 0 Å². The number of aryl methyl sites for hydroxylation is 1. The van der Waals surface area contributed by atoms with Gasteiger partial charge in [0.2, 0.25) is 5.69 Å². The van der Waals surface area contributed by atoms with E-state index in [1.54, 1.807) is 13.8 Å². The predicted octanol–water partition coefficient (Wildman–Crippen LogP) is 1.79. The number of nitrogen functional groups attached to an aromatic ring is 1. The second-order valence-electron chi connectivity index (χ2n) is 2.79. The van der Waals surface area contributed by atoms with E-state index < -0.39 is 0 Å². The Morgan fingerprint density at radius 2 is 2.33 bits per heavy atom. The third-order valence-electron chi connectivity index (χ3n) is 1.84. The number of hydrogen-bond acceptors (Lipinski definition) is 4. The van der Waals surface area contributed by atoms with Crippen molar-refractivity contribution < 1.29 is 4.74 Å². The minimum absolute atomic E-state index is 0.103. The number of aromatic nitrogens is 1. The van der Waals surface area contributed by atoms with E-state index in [4.69, 9.17) is 22.3 Å². The fourth-order valence-electron chi connectivity index (χ4n) is 1.21. The van der Waals surface area contributed by atoms with Crippen LogP contribution in [0.5, 0.6) is 5.75 Å². The van der Waals surface area contributed by atoms with Gasteiger partial charge in [0.25, 0.3) is 0 Å². The van der Waals surface area contributed by atoms with Gasteiger partial charge in [0, 0.05) is 0 Å². The van der Waals surface area contributed by atoms with Gasteiger partial charge in [-0.1, -0.05) is 0 Å². The molecule has 0 aromatic carbocycles. The molecule has 0 unspecified atom stereocenters. The second-order valence-corrected chi connectivity index (χ2v) is 2.79. The van der Waals surface area contributed by atoms with Crippen LogP contribution in [0.3, 0.4) is 0 Å². The zero-order valence-corrected chi connectivity index (χ0v) is 8.53. The molecule has 0 saturated carbocycles. The maximum Gasteiger partial charge on any atom is 0.250 e. The lowest BCUT2D eigenvalue weighted by atomic mass is 10.2. The Hall–Kier alpha value is -2.27. The lowest BCUT2D eigenvalue weighted by molar-refractivity contribution is 0.341. The molecule has 5 nitrogen and oxygen atoms in total. The first-order valence-electron chi connectivity index (χ1n) is 4.36. The van der Waals surface area contributed by atoms with Crippen LogP contribution in [-0.4, -0.2) is 11.6 Å². The van der Waals surface area contributed by atoms with Gasteiger partial charge < -0.3 is 10.5 Å². The van der Waals surface area contributed by atoms with E-state index in [9.17, 15) is 0 Å². The van der Waals surface area contributed by atoms with E-state index in [1.807, 2.05) is 6.07 Å². The van der Waals surface area contributed by atoms with Crippen molar-refractivity contribution in [2.75, 3.05) is 12.3 Å². The van der Waals surface area contributed by atoms with Gasteiger partial charge in [0.05, 0.1) is 18.9 Å². The average molecular weight is 202 g/mol. The molecule has 0 atom stereocenters. The molecular formula is C10H10N4O. The van der Waals surface area contributed by atoms with E-state index in [1.165, 1.54) is 0 Å². The lowest BCUT2D eigenvalue weighted by Gasteiger charge is -2.10. The third kappa shape index (κ3) is 1.82. The van der Waals surface area contributed by atoms with E-state index >= 15 is 0 Å². The molecule has 0 bridgehead atoms. The Balaban J connectivity index is 3.54. The van der Waals surface area contributed by atoms with Gasteiger partial charge in [-0.2, -0.15) is 5.26 Å². The van der Waals surface area contributed by atoms with Crippen molar-refractivity contribution in [3.05, 3.63) is 22.7 Å². The molecule has 2 N–H and O–H groups in total. The van der Waals surface area contributed by atoms with Crippen LogP contribution in [0.1, 0.15) is 18.2 Å². The summed E-state index contributed by atoms with van der Waals surface area (Å²) in [6.07, 6.45) is 0. The number of ether oxygens (including phenoxy) is 1. The van der Waals surface area contributed by atoms with E-state index in [2.05, 4.69) is 9.83 Å². The second kappa shape index (κ2) is 4.30. The summed E-state index contributed by atoms with van der Waals surface area (Å²) in [6, 6.07) is 1.89. The number of nitrogens with zero attached hydrogens (tertiary/aromatic N) is 3. The van der Waals surface area contributed by atoms with Crippen molar-refractivity contribution in [1.82, 2.24) is 4.98 Å². The summed E-state index contributed by atoms with van der Waals surface area (Å²) in [4.78, 5) is 7.21. The molecule has 0 aliphatic heterocycles. The summed E-state index contributed by atoms with van der Waals surface area (Å²) in [7, 11) is 0. The summed E-state index contributed by atoms with van der Waals surface area (Å²) in [5, 5.41) is 8.88. The Morgan fingerprint density at radius 3 is 2.80 bits per heavy atom. The molecule has 0 radical (unpaired) electrons. The lowest BCUT2D eigenvalue weighted by Crippen LogP contribution is -2.02. The maximum absolute atomic E-state index is 8.88. The topological polar surface area (TPSA) is 76.3 Å². The Kier molecular flexibility index (Phi) is 3.10. The van der Waals surface area contributed by atoms with Gasteiger partial charge in [0.15, 0.2) is 0 Å². The molecule has 0 saturated heterocycles. The molecule has 0 amide bonds. The highest BCUT2D eigenvalue weighted by atomic mass is 16.5. The Bertz CT molecular complexity index is 430. The number of nitriles is 1. The monoisotopic (exact) mass is 202 g/mol. The quantitative estimate of drug-likeness (QED) is 0.742. The molecule has 1 aromatic heterocycles. The van der Waals surface area contributed by atoms with Gasteiger partial charge in [0.1, 0.15) is 23.2 Å². The molecular weight excluding hydrogens is 192 g/mol. The molecule has 5 heteroatoms. The molecule has 1 heterocycles. The Labute approximate surface area is 87.9 Å². The van der Waals surface area contributed by atoms with Gasteiger partial charge in [-0.05, 0) is 13.8 Å². The molecule has 0 aliphatic carbocycles. The van der Waals surface area contributed by atoms with E-state index in [0.717, 1.165) is 0 Å². The van der Waals surface area contributed by atoms with Crippen LogP contribution in [0.2, 0.25) is 0 Å². The third-order valence-corrected chi connectivity index (χ3v) is 1.84. The zero-order chi connectivity index (χ0) is 11.4. The maximum atomic E-state index is 8.88. The zero-order valence-electron chi connectivity index (χ0n) is 8.53. The minimum atomic E-state index is 0.103. The fraction of sp³-hybridized carbons (Fsp3) is 0.300. The first-order chi connectivity index (χ1) is 7.15. The minimum Gasteiger partial charge on any atom is -0.503 e. The fourth-order valence-corrected chi connectivity index (χ4v) is 1.21. The number of rotatable bonds is 2. The molecule has 15 heavy (non-hydrogen) atoms. The van der Waals surface area contributed by atoms with Crippen LogP contribution in [0.4, 0.5) is 11.5 Å². The van der Waals surface area contributed by atoms with E-state index in [0.29, 0.717) is 12.3 Å². The van der Waals surface area contributed by atoms with Crippen LogP contribution in [0.25, 0.3) is 4.85 Å². The molecule has 0 spiro atoms. The molecule has 0 aliphatic rings. The first kappa shape index (κ1) is 10.8. The van der Waals surface area contributed by atoms with Crippen molar-refractivity contribution in [2.45, 2.75) is 13.8 Å². The van der Waals surface area contributed by atoms with Gasteiger partial charge in [-0.25, -0.2) is 9.83 Å². The first-order valence-corrected chi connectivity index (χ1v) is 4.36. The van der Waals surface area contributed by atoms with Crippen molar-refractivity contribution in [3.63, 3.8) is 0 Å². The van der Waals surface area contributed by atoms with Gasteiger partial charge in [-0.3, -0.25) is 0 Å². The van der Waals surface area contributed by atoms with Gasteiger partial charge >= 0.3 is 0 Å². The van der Waals surface area contributed by atoms with Crippen molar-refractivity contribution in [1.29, 1.82) is 5.26 Å². The number of nitrogens with two attached hydrogens (primary N) is 1. The van der Waals surface area contributed by atoms with Crippen molar-refractivity contribution in [3.8, 4) is 11.8 Å². The molecule has 1 rings (SSSR count). The Morgan fingerprint density at radius 1 is 1.67 bits per heavy atom. The van der Waals surface area contributed by atoms with Gasteiger partial charge in [-0.15, -0.1) is 0 Å². The van der Waals surface area contributed by atoms with Crippen LogP contribution in [0, 0.1) is 24.8 Å². The van der Waals surface area contributed by atoms with Crippen molar-refractivity contribution in [2.24, 2.45) is 0 Å². The average Bonchev–Trinajstić information content (AvgIpc) is 2.18. The molecule has 76 valence electrons. The van der Waals surface area contributed by atoms with E-state index in [-0.39, 0.29) is 22.8 Å². The largest absolute Gasteiger partial charge is 0.503 e. The number of anilines is 1. The highest BCUT2D eigenvalue weighted by molar-refractivity contribution is 5.72. The highest BCUT2D eigenvalue weighted by Gasteiger charge is 2.17. The summed E-state index contributed by atoms with van der Waals surface area (Å²) in [5.74, 6) is 0.339. The predicted molar refractivity (Wildman–Crippen MR) is 55.5 cm³/mol. The normalized spacial score (nSPS) is 9.07. The summed E-state index contributed by atoms with van der Waals surface area (Å²) in [5.41, 5.74) is 6.43. The summed E-state index contributed by atoms with van der Waals surface area (Å²) >= 11 is 0. The van der Waals surface area contributed by atoms with Crippen LogP contribution in [0.15, 0.2) is 0 Å². The van der Waals surface area contributed by atoms with Crippen LogP contribution < -0.4 is 10.5 Å². The molecule has 0 fully saturated rings. The molecule has 1 aromatic rings. The summed E-state index contributed by atoms with van der Waals surface area (Å²) < 4.78 is 5.26. The number of hydrogen-bond donors (Lipinski definition) is 1. The van der Waals surface area contributed by atoms with Crippen LogP contribution in [-0.2, 0) is 0 Å². The number of pyridine rings is 1.